The molecule has 0 aliphatic carbocycles. The lowest BCUT2D eigenvalue weighted by Gasteiger charge is -2.11. The van der Waals surface area contributed by atoms with Crippen LogP contribution in [0.15, 0.2) is 30.3 Å². The minimum absolute atomic E-state index is 0.103. The maximum Gasteiger partial charge on any atom is 0.134 e. The van der Waals surface area contributed by atoms with Crippen molar-refractivity contribution >= 4 is 0 Å². The number of hydrogen-bond acceptors (Lipinski definition) is 2. The number of rotatable bonds is 2. The van der Waals surface area contributed by atoms with Crippen LogP contribution in [0.4, 0.5) is 0 Å². The number of hydrogen-bond donors (Lipinski definition) is 1. The molecule has 1 aliphatic heterocycles. The van der Waals surface area contributed by atoms with Crippen LogP contribution in [0.3, 0.4) is 0 Å². The third kappa shape index (κ3) is 1.90. The third-order valence-corrected chi connectivity index (χ3v) is 2.42. The highest BCUT2D eigenvalue weighted by atomic mass is 16.5. The summed E-state index contributed by atoms with van der Waals surface area (Å²) in [6.07, 6.45) is 1.56. The van der Waals surface area contributed by atoms with Crippen LogP contribution in [-0.2, 0) is 4.74 Å². The van der Waals surface area contributed by atoms with Gasteiger partial charge in [-0.3, -0.25) is 5.32 Å². The van der Waals surface area contributed by atoms with Crippen molar-refractivity contribution in [1.82, 2.24) is 5.32 Å². The molecule has 0 radical (unpaired) electrons. The van der Waals surface area contributed by atoms with E-state index in [-0.39, 0.29) is 6.23 Å². The molecule has 0 bridgehead atoms. The lowest BCUT2D eigenvalue weighted by Crippen LogP contribution is -2.14. The Morgan fingerprint density at radius 2 is 2.15 bits per heavy atom. The molecule has 1 fully saturated rings. The Kier molecular flexibility index (Phi) is 2.62. The molecule has 2 heteroatoms. The molecule has 2 atom stereocenters. The van der Waals surface area contributed by atoms with Crippen molar-refractivity contribution < 1.29 is 4.74 Å². The second-order valence-electron chi connectivity index (χ2n) is 3.37. The van der Waals surface area contributed by atoms with Gasteiger partial charge in [-0.2, -0.15) is 0 Å². The van der Waals surface area contributed by atoms with Crippen molar-refractivity contribution in [2.75, 3.05) is 6.54 Å². The molecule has 1 aromatic carbocycles. The first-order chi connectivity index (χ1) is 6.40. The van der Waals surface area contributed by atoms with Gasteiger partial charge >= 0.3 is 0 Å². The molecular formula is C11H15NO. The minimum Gasteiger partial charge on any atom is -0.355 e. The van der Waals surface area contributed by atoms with Crippen LogP contribution < -0.4 is 5.32 Å². The summed E-state index contributed by atoms with van der Waals surface area (Å²) >= 11 is 0. The SMILES string of the molecule is CCC1CNC(c2ccccc2)O1. The molecule has 13 heavy (non-hydrogen) atoms. The largest absolute Gasteiger partial charge is 0.355 e. The van der Waals surface area contributed by atoms with Gasteiger partial charge in [0.25, 0.3) is 0 Å². The van der Waals surface area contributed by atoms with Gasteiger partial charge in [0, 0.05) is 6.54 Å². The fourth-order valence-corrected chi connectivity index (χ4v) is 1.59. The molecule has 70 valence electrons. The summed E-state index contributed by atoms with van der Waals surface area (Å²) in [4.78, 5) is 0. The first-order valence-electron chi connectivity index (χ1n) is 4.84. The number of ether oxygens (including phenoxy) is 1. The van der Waals surface area contributed by atoms with Gasteiger partial charge < -0.3 is 4.74 Å². The second-order valence-corrected chi connectivity index (χ2v) is 3.37. The van der Waals surface area contributed by atoms with E-state index in [4.69, 9.17) is 4.74 Å². The van der Waals surface area contributed by atoms with Crippen molar-refractivity contribution in [2.45, 2.75) is 25.7 Å². The highest BCUT2D eigenvalue weighted by Gasteiger charge is 2.23. The molecule has 0 amide bonds. The van der Waals surface area contributed by atoms with Gasteiger partial charge in [0.2, 0.25) is 0 Å². The topological polar surface area (TPSA) is 21.3 Å². The van der Waals surface area contributed by atoms with E-state index in [0.29, 0.717) is 6.10 Å². The molecule has 1 aliphatic rings. The van der Waals surface area contributed by atoms with Gasteiger partial charge in [0.15, 0.2) is 0 Å². The van der Waals surface area contributed by atoms with E-state index in [0.717, 1.165) is 13.0 Å². The first-order valence-corrected chi connectivity index (χ1v) is 4.84. The van der Waals surface area contributed by atoms with Gasteiger partial charge in [-0.25, -0.2) is 0 Å². The molecule has 2 rings (SSSR count). The predicted octanol–water partition coefficient (Wildman–Crippen LogP) is 2.08. The molecule has 2 nitrogen and oxygen atoms in total. The summed E-state index contributed by atoms with van der Waals surface area (Å²) in [5.74, 6) is 0. The standard InChI is InChI=1S/C11H15NO/c1-2-10-8-12-11(13-10)9-6-4-3-5-7-9/h3-7,10-12H,2,8H2,1H3. The van der Waals surface area contributed by atoms with Crippen molar-refractivity contribution in [3.05, 3.63) is 35.9 Å². The molecule has 1 heterocycles. The zero-order valence-electron chi connectivity index (χ0n) is 7.86. The average Bonchev–Trinajstić information content (AvgIpc) is 2.67. The fourth-order valence-electron chi connectivity index (χ4n) is 1.59. The quantitative estimate of drug-likeness (QED) is 0.746. The summed E-state index contributed by atoms with van der Waals surface area (Å²) < 4.78 is 5.79. The van der Waals surface area contributed by atoms with Crippen LogP contribution in [-0.4, -0.2) is 12.6 Å². The van der Waals surface area contributed by atoms with Crippen LogP contribution in [0.5, 0.6) is 0 Å². The predicted molar refractivity (Wildman–Crippen MR) is 52.3 cm³/mol. The number of nitrogens with one attached hydrogen (secondary N) is 1. The fraction of sp³-hybridized carbons (Fsp3) is 0.455. The van der Waals surface area contributed by atoms with Gasteiger partial charge in [-0.05, 0) is 12.0 Å². The Bertz CT molecular complexity index is 260. The molecular weight excluding hydrogens is 162 g/mol. The van der Waals surface area contributed by atoms with Crippen molar-refractivity contribution in [3.63, 3.8) is 0 Å². The van der Waals surface area contributed by atoms with E-state index in [1.807, 2.05) is 18.2 Å². The van der Waals surface area contributed by atoms with Crippen molar-refractivity contribution in [1.29, 1.82) is 0 Å². The first kappa shape index (κ1) is 8.73. The van der Waals surface area contributed by atoms with Crippen molar-refractivity contribution in [3.8, 4) is 0 Å². The lowest BCUT2D eigenvalue weighted by atomic mass is 10.2. The maximum absolute atomic E-state index is 5.79. The third-order valence-electron chi connectivity index (χ3n) is 2.42. The Morgan fingerprint density at radius 3 is 2.77 bits per heavy atom. The summed E-state index contributed by atoms with van der Waals surface area (Å²) in [7, 11) is 0. The van der Waals surface area contributed by atoms with Crippen LogP contribution in [0, 0.1) is 0 Å². The zero-order valence-corrected chi connectivity index (χ0v) is 7.86. The zero-order chi connectivity index (χ0) is 9.10. The Hall–Kier alpha value is -0.860. The molecule has 0 spiro atoms. The smallest absolute Gasteiger partial charge is 0.134 e. The van der Waals surface area contributed by atoms with Gasteiger partial charge in [0.05, 0.1) is 6.10 Å². The second kappa shape index (κ2) is 3.90. The van der Waals surface area contributed by atoms with Crippen LogP contribution in [0.1, 0.15) is 25.1 Å². The Labute approximate surface area is 78.9 Å². The van der Waals surface area contributed by atoms with E-state index < -0.39 is 0 Å². The molecule has 2 unspecified atom stereocenters. The molecule has 1 N–H and O–H groups in total. The molecule has 0 aromatic heterocycles. The Morgan fingerprint density at radius 1 is 1.38 bits per heavy atom. The normalized spacial score (nSPS) is 27.8. The van der Waals surface area contributed by atoms with E-state index in [9.17, 15) is 0 Å². The van der Waals surface area contributed by atoms with Gasteiger partial charge in [-0.15, -0.1) is 0 Å². The summed E-state index contributed by atoms with van der Waals surface area (Å²) in [6, 6.07) is 10.3. The minimum atomic E-state index is 0.103. The summed E-state index contributed by atoms with van der Waals surface area (Å²) in [5.41, 5.74) is 1.22. The lowest BCUT2D eigenvalue weighted by molar-refractivity contribution is 0.0394. The average molecular weight is 177 g/mol. The van der Waals surface area contributed by atoms with Gasteiger partial charge in [0.1, 0.15) is 6.23 Å². The monoisotopic (exact) mass is 177 g/mol. The molecule has 1 saturated heterocycles. The van der Waals surface area contributed by atoms with E-state index in [1.165, 1.54) is 5.56 Å². The summed E-state index contributed by atoms with van der Waals surface area (Å²) in [6.45, 7) is 3.12. The summed E-state index contributed by atoms with van der Waals surface area (Å²) in [5, 5.41) is 3.35. The van der Waals surface area contributed by atoms with Gasteiger partial charge in [-0.1, -0.05) is 37.3 Å². The molecule has 0 saturated carbocycles. The van der Waals surface area contributed by atoms with E-state index in [2.05, 4.69) is 24.4 Å². The highest BCUT2D eigenvalue weighted by Crippen LogP contribution is 2.21. The van der Waals surface area contributed by atoms with E-state index in [1.54, 1.807) is 0 Å². The highest BCUT2D eigenvalue weighted by molar-refractivity contribution is 5.17. The maximum atomic E-state index is 5.79. The van der Waals surface area contributed by atoms with E-state index >= 15 is 0 Å². The number of benzene rings is 1. The van der Waals surface area contributed by atoms with Crippen molar-refractivity contribution in [2.24, 2.45) is 0 Å². The van der Waals surface area contributed by atoms with Crippen LogP contribution in [0.2, 0.25) is 0 Å². The molecule has 1 aromatic rings. The van der Waals surface area contributed by atoms with Crippen LogP contribution >= 0.6 is 0 Å². The van der Waals surface area contributed by atoms with Crippen LogP contribution in [0.25, 0.3) is 0 Å². The Balaban J connectivity index is 2.04.